The second kappa shape index (κ2) is 10.0. The Bertz CT molecular complexity index is 972. The molecule has 3 heterocycles. The fraction of sp³-hybridized carbons (Fsp3) is 0.476. The van der Waals surface area contributed by atoms with Crippen LogP contribution in [0.3, 0.4) is 0 Å². The Morgan fingerprint density at radius 1 is 1.44 bits per heavy atom. The van der Waals surface area contributed by atoms with Crippen LogP contribution in [-0.4, -0.2) is 64.5 Å². The predicted octanol–water partition coefficient (Wildman–Crippen LogP) is 2.75. The highest BCUT2D eigenvalue weighted by molar-refractivity contribution is 5.73. The van der Waals surface area contributed by atoms with Crippen LogP contribution in [0.15, 0.2) is 30.6 Å². The minimum Gasteiger partial charge on any atom is -0.493 e. The van der Waals surface area contributed by atoms with E-state index in [-0.39, 0.29) is 0 Å². The summed E-state index contributed by atoms with van der Waals surface area (Å²) in [5.74, 6) is -1.11. The molecule has 11 heteroatoms. The van der Waals surface area contributed by atoms with Gasteiger partial charge in [0, 0.05) is 37.2 Å². The number of aromatic nitrogens is 2. The van der Waals surface area contributed by atoms with Crippen LogP contribution in [0.2, 0.25) is 0 Å². The summed E-state index contributed by atoms with van der Waals surface area (Å²) >= 11 is 0. The molecular formula is C21H23F3N4O4. The normalized spacial score (nSPS) is 22.5. The second-order valence-electron chi connectivity index (χ2n) is 7.72. The summed E-state index contributed by atoms with van der Waals surface area (Å²) in [6.45, 7) is 6.28. The van der Waals surface area contributed by atoms with E-state index in [2.05, 4.69) is 27.9 Å². The number of carbonyl (C=O) groups is 1. The smallest absolute Gasteiger partial charge is 0.490 e. The van der Waals surface area contributed by atoms with E-state index in [0.717, 1.165) is 43.4 Å². The van der Waals surface area contributed by atoms with Crippen LogP contribution >= 0.6 is 0 Å². The standard InChI is InChI=1S/C19H22N4O2.C2HF3O2/c1-13-18(22-12-21-13)8-23-7-17-15(11-25-19(17)9-23)10-24-16-4-2-3-14(5-16)6-20;3-2(4,5)1(6)7/h2-5,12,15,17,19H,7-11H2,1H3,(H,21,22);(H,6,7)/t15-,17-,19-;/m1./s1. The van der Waals surface area contributed by atoms with Crippen molar-refractivity contribution in [3.05, 3.63) is 47.5 Å². The number of nitrogens with zero attached hydrogens (tertiary/aromatic N) is 3. The summed E-state index contributed by atoms with van der Waals surface area (Å²) in [5, 5.41) is 16.1. The van der Waals surface area contributed by atoms with Gasteiger partial charge in [-0.2, -0.15) is 18.4 Å². The summed E-state index contributed by atoms with van der Waals surface area (Å²) in [6, 6.07) is 9.47. The molecule has 0 saturated carbocycles. The van der Waals surface area contributed by atoms with E-state index in [0.29, 0.717) is 30.1 Å². The van der Waals surface area contributed by atoms with Crippen molar-refractivity contribution < 1.29 is 32.5 Å². The molecule has 3 atom stereocenters. The Balaban J connectivity index is 0.000000360. The monoisotopic (exact) mass is 452 g/mol. The number of aliphatic carboxylic acids is 1. The minimum atomic E-state index is -5.08. The molecule has 0 bridgehead atoms. The van der Waals surface area contributed by atoms with E-state index in [4.69, 9.17) is 24.6 Å². The van der Waals surface area contributed by atoms with Gasteiger partial charge in [0.2, 0.25) is 0 Å². The minimum absolute atomic E-state index is 0.290. The van der Waals surface area contributed by atoms with Gasteiger partial charge in [0.05, 0.1) is 43.0 Å². The molecule has 172 valence electrons. The number of benzene rings is 1. The van der Waals surface area contributed by atoms with Gasteiger partial charge in [0.25, 0.3) is 0 Å². The van der Waals surface area contributed by atoms with Gasteiger partial charge in [-0.15, -0.1) is 0 Å². The van der Waals surface area contributed by atoms with Gasteiger partial charge >= 0.3 is 12.1 Å². The first kappa shape index (κ1) is 23.6. The highest BCUT2D eigenvalue weighted by atomic mass is 19.4. The summed E-state index contributed by atoms with van der Waals surface area (Å²) in [6.07, 6.45) is -3.04. The van der Waals surface area contributed by atoms with Crippen molar-refractivity contribution in [2.24, 2.45) is 11.8 Å². The van der Waals surface area contributed by atoms with E-state index < -0.39 is 12.1 Å². The number of alkyl halides is 3. The first-order chi connectivity index (χ1) is 15.2. The Morgan fingerprint density at radius 3 is 2.81 bits per heavy atom. The van der Waals surface area contributed by atoms with Crippen molar-refractivity contribution >= 4 is 5.97 Å². The molecule has 0 unspecified atom stereocenters. The molecule has 0 aliphatic carbocycles. The maximum absolute atomic E-state index is 10.6. The van der Waals surface area contributed by atoms with Crippen molar-refractivity contribution in [2.45, 2.75) is 25.7 Å². The molecule has 2 aliphatic heterocycles. The summed E-state index contributed by atoms with van der Waals surface area (Å²) < 4.78 is 43.7. The molecular weight excluding hydrogens is 429 g/mol. The molecule has 1 aromatic heterocycles. The fourth-order valence-corrected chi connectivity index (χ4v) is 3.80. The van der Waals surface area contributed by atoms with Crippen molar-refractivity contribution in [1.29, 1.82) is 5.26 Å². The molecule has 2 aromatic rings. The van der Waals surface area contributed by atoms with Gasteiger partial charge in [-0.3, -0.25) is 4.90 Å². The van der Waals surface area contributed by atoms with E-state index in [1.165, 1.54) is 0 Å². The zero-order valence-electron chi connectivity index (χ0n) is 17.3. The number of ether oxygens (including phenoxy) is 2. The highest BCUT2D eigenvalue weighted by Crippen LogP contribution is 2.34. The number of aromatic amines is 1. The molecule has 4 rings (SSSR count). The van der Waals surface area contributed by atoms with Gasteiger partial charge in [0.15, 0.2) is 0 Å². The fourth-order valence-electron chi connectivity index (χ4n) is 3.80. The molecule has 0 spiro atoms. The third-order valence-electron chi connectivity index (χ3n) is 5.49. The Kier molecular flexibility index (Phi) is 7.37. The number of carboxylic acid groups (broad SMARTS) is 1. The number of carboxylic acids is 1. The number of nitrogens with one attached hydrogen (secondary N) is 1. The third kappa shape index (κ3) is 5.99. The zero-order chi connectivity index (χ0) is 23.3. The number of nitriles is 1. The lowest BCUT2D eigenvalue weighted by Crippen LogP contribution is -2.26. The lowest BCUT2D eigenvalue weighted by atomic mass is 9.94. The maximum Gasteiger partial charge on any atom is 0.490 e. The summed E-state index contributed by atoms with van der Waals surface area (Å²) in [7, 11) is 0. The van der Waals surface area contributed by atoms with Crippen LogP contribution in [-0.2, 0) is 16.1 Å². The SMILES string of the molecule is Cc1[nH]cnc1CN1C[C@@H]2[C@H](COc3cccc(C#N)c3)CO[C@@H]2C1.O=C(O)C(F)(F)F. The third-order valence-corrected chi connectivity index (χ3v) is 5.49. The van der Waals surface area contributed by atoms with Crippen molar-refractivity contribution in [1.82, 2.24) is 14.9 Å². The van der Waals surface area contributed by atoms with Gasteiger partial charge in [-0.1, -0.05) is 6.07 Å². The molecule has 1 aromatic carbocycles. The lowest BCUT2D eigenvalue weighted by molar-refractivity contribution is -0.192. The topological polar surface area (TPSA) is 111 Å². The number of hydrogen-bond acceptors (Lipinski definition) is 6. The number of likely N-dealkylation sites (tertiary alicyclic amines) is 1. The number of imidazole rings is 1. The number of H-pyrrole nitrogens is 1. The number of rotatable bonds is 5. The van der Waals surface area contributed by atoms with Gasteiger partial charge < -0.3 is 19.6 Å². The summed E-state index contributed by atoms with van der Waals surface area (Å²) in [4.78, 5) is 18.8. The van der Waals surface area contributed by atoms with E-state index in [9.17, 15) is 13.2 Å². The van der Waals surface area contributed by atoms with E-state index >= 15 is 0 Å². The van der Waals surface area contributed by atoms with Crippen LogP contribution in [0.1, 0.15) is 17.0 Å². The molecule has 32 heavy (non-hydrogen) atoms. The van der Waals surface area contributed by atoms with Gasteiger partial charge in [0.1, 0.15) is 5.75 Å². The average Bonchev–Trinajstić information content (AvgIpc) is 3.43. The van der Waals surface area contributed by atoms with Crippen LogP contribution < -0.4 is 4.74 Å². The van der Waals surface area contributed by atoms with Crippen molar-refractivity contribution in [2.75, 3.05) is 26.3 Å². The Labute approximate surface area is 182 Å². The molecule has 2 aliphatic rings. The second-order valence-corrected chi connectivity index (χ2v) is 7.72. The molecule has 2 N–H and O–H groups in total. The maximum atomic E-state index is 10.6. The Morgan fingerprint density at radius 2 is 2.19 bits per heavy atom. The number of halogens is 3. The van der Waals surface area contributed by atoms with Crippen LogP contribution in [0, 0.1) is 30.1 Å². The van der Waals surface area contributed by atoms with Gasteiger partial charge in [-0.25, -0.2) is 9.78 Å². The average molecular weight is 452 g/mol. The van der Waals surface area contributed by atoms with Crippen LogP contribution in [0.25, 0.3) is 0 Å². The largest absolute Gasteiger partial charge is 0.493 e. The van der Waals surface area contributed by atoms with Gasteiger partial charge in [-0.05, 0) is 25.1 Å². The van der Waals surface area contributed by atoms with Crippen LogP contribution in [0.5, 0.6) is 5.75 Å². The highest BCUT2D eigenvalue weighted by Gasteiger charge is 2.44. The quantitative estimate of drug-likeness (QED) is 0.718. The molecule has 2 saturated heterocycles. The lowest BCUT2D eigenvalue weighted by Gasteiger charge is -2.19. The first-order valence-electron chi connectivity index (χ1n) is 9.93. The first-order valence-corrected chi connectivity index (χ1v) is 9.93. The molecule has 2 fully saturated rings. The molecule has 0 radical (unpaired) electrons. The number of fused-ring (bicyclic) bond motifs is 1. The van der Waals surface area contributed by atoms with Crippen molar-refractivity contribution in [3.63, 3.8) is 0 Å². The predicted molar refractivity (Wildman–Crippen MR) is 106 cm³/mol. The van der Waals surface area contributed by atoms with Crippen LogP contribution in [0.4, 0.5) is 13.2 Å². The zero-order valence-corrected chi connectivity index (χ0v) is 17.3. The Hall–Kier alpha value is -3.10. The number of aryl methyl sites for hydroxylation is 1. The summed E-state index contributed by atoms with van der Waals surface area (Å²) in [5.41, 5.74) is 2.87. The molecule has 0 amide bonds. The van der Waals surface area contributed by atoms with E-state index in [1.807, 2.05) is 12.1 Å². The number of hydrogen-bond donors (Lipinski definition) is 2. The van der Waals surface area contributed by atoms with E-state index in [1.54, 1.807) is 18.5 Å². The van der Waals surface area contributed by atoms with Crippen molar-refractivity contribution in [3.8, 4) is 11.8 Å². The molecule has 8 nitrogen and oxygen atoms in total.